The highest BCUT2D eigenvalue weighted by atomic mass is 32.1. The van der Waals surface area contributed by atoms with Gasteiger partial charge in [-0.15, -0.1) is 11.3 Å². The van der Waals surface area contributed by atoms with Crippen molar-refractivity contribution in [1.82, 2.24) is 15.2 Å². The van der Waals surface area contributed by atoms with Crippen molar-refractivity contribution in [2.24, 2.45) is 0 Å². The van der Waals surface area contributed by atoms with Gasteiger partial charge < -0.3 is 10.3 Å². The predicted octanol–water partition coefficient (Wildman–Crippen LogP) is 4.43. The molecule has 6 heteroatoms. The van der Waals surface area contributed by atoms with Crippen molar-refractivity contribution in [3.63, 3.8) is 0 Å². The maximum absolute atomic E-state index is 12.7. The Morgan fingerprint density at radius 3 is 2.72 bits per heavy atom. The first-order valence-electron chi connectivity index (χ1n) is 10.5. The molecule has 0 saturated carbocycles. The molecule has 0 bridgehead atoms. The molecule has 154 valence electrons. The Labute approximate surface area is 175 Å². The van der Waals surface area contributed by atoms with Crippen molar-refractivity contribution < 1.29 is 4.79 Å². The zero-order valence-electron chi connectivity index (χ0n) is 17.4. The van der Waals surface area contributed by atoms with E-state index < -0.39 is 0 Å². The molecular weight excluding hydrogens is 382 g/mol. The Morgan fingerprint density at radius 2 is 1.97 bits per heavy atom. The molecule has 4 rings (SSSR count). The molecule has 29 heavy (non-hydrogen) atoms. The maximum atomic E-state index is 12.7. The van der Waals surface area contributed by atoms with Gasteiger partial charge in [-0.25, -0.2) is 0 Å². The number of rotatable bonds is 5. The molecule has 0 spiro atoms. The number of hydrogen-bond donors (Lipinski definition) is 2. The van der Waals surface area contributed by atoms with Crippen LogP contribution >= 0.6 is 11.3 Å². The third kappa shape index (κ3) is 4.09. The van der Waals surface area contributed by atoms with E-state index >= 15 is 0 Å². The lowest BCUT2D eigenvalue weighted by Gasteiger charge is -2.39. The third-order valence-electron chi connectivity index (χ3n) is 6.12. The van der Waals surface area contributed by atoms with Crippen LogP contribution in [0.5, 0.6) is 0 Å². The number of H-pyrrole nitrogens is 1. The highest BCUT2D eigenvalue weighted by Gasteiger charge is 2.23. The van der Waals surface area contributed by atoms with Gasteiger partial charge in [0.2, 0.25) is 0 Å². The first-order valence-corrected chi connectivity index (χ1v) is 11.4. The van der Waals surface area contributed by atoms with Gasteiger partial charge in [-0.05, 0) is 58.2 Å². The molecule has 1 fully saturated rings. The summed E-state index contributed by atoms with van der Waals surface area (Å²) in [6.07, 6.45) is 4.78. The third-order valence-corrected chi connectivity index (χ3v) is 7.29. The van der Waals surface area contributed by atoms with Gasteiger partial charge in [0.25, 0.3) is 11.5 Å². The molecular formula is C23H29N3O2S. The molecule has 1 amide bonds. The van der Waals surface area contributed by atoms with Crippen LogP contribution in [0.25, 0.3) is 21.0 Å². The minimum absolute atomic E-state index is 0.0915. The van der Waals surface area contributed by atoms with Crippen LogP contribution in [0.2, 0.25) is 0 Å². The molecule has 0 radical (unpaired) electrons. The van der Waals surface area contributed by atoms with Crippen molar-refractivity contribution in [3.05, 3.63) is 45.1 Å². The summed E-state index contributed by atoms with van der Waals surface area (Å²) in [6, 6.07) is 8.95. The van der Waals surface area contributed by atoms with Crippen LogP contribution in [0.1, 0.15) is 54.8 Å². The number of likely N-dealkylation sites (tertiary alicyclic amines) is 1. The largest absolute Gasteiger partial charge is 0.351 e. The fourth-order valence-electron chi connectivity index (χ4n) is 4.48. The molecule has 5 nitrogen and oxygen atoms in total. The molecule has 0 aliphatic carbocycles. The van der Waals surface area contributed by atoms with Crippen LogP contribution in [0.15, 0.2) is 29.1 Å². The van der Waals surface area contributed by atoms with Crippen LogP contribution in [-0.4, -0.2) is 41.0 Å². The Bertz CT molecular complexity index is 1090. The molecule has 1 aliphatic heterocycles. The summed E-state index contributed by atoms with van der Waals surface area (Å²) in [5, 5.41) is 4.63. The zero-order chi connectivity index (χ0) is 20.5. The zero-order valence-corrected chi connectivity index (χ0v) is 18.2. The minimum Gasteiger partial charge on any atom is -0.351 e. The van der Waals surface area contributed by atoms with Crippen molar-refractivity contribution in [2.75, 3.05) is 13.1 Å². The number of thiophene rings is 1. The maximum Gasteiger partial charge on any atom is 0.261 e. The number of pyridine rings is 1. The second-order valence-corrected chi connectivity index (χ2v) is 9.39. The summed E-state index contributed by atoms with van der Waals surface area (Å²) >= 11 is 1.40. The highest BCUT2D eigenvalue weighted by Crippen LogP contribution is 2.30. The second-order valence-electron chi connectivity index (χ2n) is 8.33. The normalized spacial score (nSPS) is 20.4. The smallest absolute Gasteiger partial charge is 0.261 e. The predicted molar refractivity (Wildman–Crippen MR) is 121 cm³/mol. The van der Waals surface area contributed by atoms with Crippen LogP contribution in [0.3, 0.4) is 0 Å². The molecule has 1 aliphatic rings. The van der Waals surface area contributed by atoms with E-state index in [1.807, 2.05) is 19.1 Å². The van der Waals surface area contributed by atoms with Crippen LogP contribution in [0, 0.1) is 6.92 Å². The molecule has 1 saturated heterocycles. The van der Waals surface area contributed by atoms with Crippen molar-refractivity contribution in [2.45, 2.75) is 58.5 Å². The van der Waals surface area contributed by atoms with Crippen LogP contribution in [-0.2, 0) is 0 Å². The quantitative estimate of drug-likeness (QED) is 0.610. The van der Waals surface area contributed by atoms with Gasteiger partial charge in [-0.2, -0.15) is 0 Å². The number of piperidine rings is 1. The van der Waals surface area contributed by atoms with E-state index in [9.17, 15) is 9.59 Å². The summed E-state index contributed by atoms with van der Waals surface area (Å²) in [5.41, 5.74) is 1.80. The van der Waals surface area contributed by atoms with E-state index in [4.69, 9.17) is 0 Å². The lowest BCUT2D eigenvalue weighted by Crippen LogP contribution is -2.44. The number of nitrogens with one attached hydrogen (secondary N) is 2. The van der Waals surface area contributed by atoms with Crippen molar-refractivity contribution >= 4 is 38.2 Å². The van der Waals surface area contributed by atoms with Crippen LogP contribution < -0.4 is 10.9 Å². The number of aromatic amines is 1. The average Bonchev–Trinajstić information content (AvgIpc) is 3.14. The van der Waals surface area contributed by atoms with Gasteiger partial charge in [0.15, 0.2) is 0 Å². The summed E-state index contributed by atoms with van der Waals surface area (Å²) in [4.78, 5) is 31.2. The first kappa shape index (κ1) is 20.1. The summed E-state index contributed by atoms with van der Waals surface area (Å²) in [6.45, 7) is 8.30. The Morgan fingerprint density at radius 1 is 1.21 bits per heavy atom. The summed E-state index contributed by atoms with van der Waals surface area (Å²) in [5.74, 6) is -0.0915. The monoisotopic (exact) mass is 411 g/mol. The van der Waals surface area contributed by atoms with Gasteiger partial charge in [0, 0.05) is 40.8 Å². The molecule has 2 atom stereocenters. The summed E-state index contributed by atoms with van der Waals surface area (Å²) in [7, 11) is 0. The van der Waals surface area contributed by atoms with E-state index in [0.29, 0.717) is 28.9 Å². The molecule has 3 aromatic rings. The molecule has 2 aromatic heterocycles. The Balaban J connectivity index is 1.45. The first-order chi connectivity index (χ1) is 13.9. The Hall–Kier alpha value is -2.18. The number of carbonyl (C=O) groups excluding carboxylic acids is 1. The topological polar surface area (TPSA) is 65.2 Å². The number of benzene rings is 1. The molecule has 3 heterocycles. The van der Waals surface area contributed by atoms with Crippen LogP contribution in [0.4, 0.5) is 0 Å². The number of carbonyl (C=O) groups is 1. The number of amides is 1. The van der Waals surface area contributed by atoms with E-state index in [-0.39, 0.29) is 11.5 Å². The lowest BCUT2D eigenvalue weighted by molar-refractivity contribution is 0.0929. The highest BCUT2D eigenvalue weighted by molar-refractivity contribution is 7.21. The number of fused-ring (bicyclic) bond motifs is 3. The standard InChI is InChI=1S/C23H29N3O2S/c1-14-8-9-19-17(12-14)21-18(22(27)25-19)13-20(29-21)23(28)24-10-5-11-26-15(2)6-4-7-16(26)3/h8-9,12-13,15-16H,4-7,10-11H2,1-3H3,(H,24,28)(H,25,27)/t15-,16-/m1/s1. The molecule has 1 aromatic carbocycles. The van der Waals surface area contributed by atoms with E-state index in [1.165, 1.54) is 30.6 Å². The van der Waals surface area contributed by atoms with Gasteiger partial charge in [-0.1, -0.05) is 18.1 Å². The number of nitrogens with zero attached hydrogens (tertiary/aromatic N) is 1. The van der Waals surface area contributed by atoms with E-state index in [2.05, 4.69) is 35.1 Å². The second kappa shape index (κ2) is 8.28. The molecule has 0 unspecified atom stereocenters. The fourth-order valence-corrected chi connectivity index (χ4v) is 5.58. The van der Waals surface area contributed by atoms with Gasteiger partial charge >= 0.3 is 0 Å². The van der Waals surface area contributed by atoms with E-state index in [1.54, 1.807) is 6.07 Å². The summed E-state index contributed by atoms with van der Waals surface area (Å²) < 4.78 is 0.883. The number of aromatic nitrogens is 1. The fraction of sp³-hybridized carbons (Fsp3) is 0.478. The SMILES string of the molecule is Cc1ccc2[nH]c(=O)c3cc(C(=O)NCCCN4[C@H](C)CCC[C@H]4C)sc3c2c1. The lowest BCUT2D eigenvalue weighted by atomic mass is 9.97. The van der Waals surface area contributed by atoms with Crippen molar-refractivity contribution in [3.8, 4) is 0 Å². The molecule has 2 N–H and O–H groups in total. The van der Waals surface area contributed by atoms with Gasteiger partial charge in [0.1, 0.15) is 0 Å². The number of hydrogen-bond acceptors (Lipinski definition) is 4. The van der Waals surface area contributed by atoms with Gasteiger partial charge in [-0.3, -0.25) is 14.5 Å². The Kier molecular flexibility index (Phi) is 5.74. The minimum atomic E-state index is -0.139. The van der Waals surface area contributed by atoms with E-state index in [0.717, 1.165) is 34.1 Å². The average molecular weight is 412 g/mol. The van der Waals surface area contributed by atoms with Gasteiger partial charge in [0.05, 0.1) is 10.3 Å². The van der Waals surface area contributed by atoms with Crippen molar-refractivity contribution in [1.29, 1.82) is 0 Å². The number of aryl methyl sites for hydroxylation is 1.